The Kier molecular flexibility index (Phi) is 12.1. The fraction of sp³-hybridized carbons (Fsp3) is 0.450. The van der Waals surface area contributed by atoms with Crippen molar-refractivity contribution in [2.24, 2.45) is 0 Å². The summed E-state index contributed by atoms with van der Waals surface area (Å²) in [6.45, 7) is 10.9. The van der Waals surface area contributed by atoms with E-state index in [0.717, 1.165) is 34.6 Å². The molecule has 0 atom stereocenters. The summed E-state index contributed by atoms with van der Waals surface area (Å²) in [7, 11) is 4.84. The summed E-state index contributed by atoms with van der Waals surface area (Å²) >= 11 is 7.48. The van der Waals surface area contributed by atoms with Crippen LogP contribution in [-0.2, 0) is 16.0 Å². The molecule has 1 aliphatic rings. The second-order valence-electron chi connectivity index (χ2n) is 15.4. The molecule has 1 aliphatic carbocycles. The highest BCUT2D eigenvalue weighted by Gasteiger charge is 2.36. The predicted octanol–water partition coefficient (Wildman–Crippen LogP) is 10.1. The van der Waals surface area contributed by atoms with E-state index in [1.54, 1.807) is 63.0 Å². The maximum atomic E-state index is 14.9. The average Bonchev–Trinajstić information content (AvgIpc) is 3.47. The van der Waals surface area contributed by atoms with E-state index in [9.17, 15) is 23.2 Å². The van der Waals surface area contributed by atoms with Gasteiger partial charge < -0.3 is 24.0 Å². The van der Waals surface area contributed by atoms with E-state index in [2.05, 4.69) is 4.98 Å². The van der Waals surface area contributed by atoms with Crippen LogP contribution < -0.4 is 9.64 Å². The Morgan fingerprint density at radius 1 is 0.852 bits per heavy atom. The van der Waals surface area contributed by atoms with Crippen LogP contribution >= 0.6 is 22.9 Å². The van der Waals surface area contributed by atoms with Gasteiger partial charge >= 0.3 is 12.2 Å². The molecule has 5 rings (SSSR count). The van der Waals surface area contributed by atoms with Gasteiger partial charge in [-0.3, -0.25) is 9.69 Å². The Balaban J connectivity index is 1.49. The second kappa shape index (κ2) is 16.1. The third kappa shape index (κ3) is 9.23. The lowest BCUT2D eigenvalue weighted by molar-refractivity contribution is 0.0144. The molecule has 290 valence electrons. The average molecular weight is 785 g/mol. The summed E-state index contributed by atoms with van der Waals surface area (Å²) < 4.78 is 46.7. The zero-order valence-electron chi connectivity index (χ0n) is 32.1. The van der Waals surface area contributed by atoms with E-state index in [0.29, 0.717) is 42.8 Å². The Labute approximate surface area is 323 Å². The summed E-state index contributed by atoms with van der Waals surface area (Å²) in [6, 6.07) is 10.7. The van der Waals surface area contributed by atoms with Gasteiger partial charge in [-0.1, -0.05) is 17.7 Å². The molecule has 1 fully saturated rings. The predicted molar refractivity (Wildman–Crippen MR) is 208 cm³/mol. The molecule has 0 saturated heterocycles. The van der Waals surface area contributed by atoms with Gasteiger partial charge in [0, 0.05) is 44.5 Å². The number of methoxy groups -OCH3 is 1. The molecule has 0 unspecified atom stereocenters. The number of thiophene rings is 1. The van der Waals surface area contributed by atoms with Crippen LogP contribution in [0.4, 0.5) is 24.2 Å². The molecule has 14 heteroatoms. The number of benzene rings is 2. The van der Waals surface area contributed by atoms with Crippen molar-refractivity contribution in [1.29, 1.82) is 0 Å². The topological polar surface area (TPSA) is 102 Å². The molecule has 1 saturated carbocycles. The second-order valence-corrected chi connectivity index (χ2v) is 16.8. The zero-order valence-corrected chi connectivity index (χ0v) is 33.7. The van der Waals surface area contributed by atoms with Crippen LogP contribution in [0.25, 0.3) is 21.2 Å². The van der Waals surface area contributed by atoms with Gasteiger partial charge in [-0.05, 0) is 115 Å². The summed E-state index contributed by atoms with van der Waals surface area (Å²) in [6.07, 6.45) is 2.90. The van der Waals surface area contributed by atoms with E-state index in [1.165, 1.54) is 12.0 Å². The number of pyridine rings is 1. The number of halogens is 3. The van der Waals surface area contributed by atoms with Gasteiger partial charge in [-0.15, -0.1) is 11.3 Å². The molecule has 0 aliphatic heterocycles. The van der Waals surface area contributed by atoms with E-state index >= 15 is 0 Å². The van der Waals surface area contributed by atoms with Gasteiger partial charge in [-0.2, -0.15) is 0 Å². The van der Waals surface area contributed by atoms with Crippen molar-refractivity contribution in [3.05, 3.63) is 75.8 Å². The highest BCUT2D eigenvalue weighted by molar-refractivity contribution is 7.21. The molecule has 54 heavy (non-hydrogen) atoms. The number of fused-ring (bicyclic) bond motifs is 1. The highest BCUT2D eigenvalue weighted by Crippen LogP contribution is 2.41. The normalized spacial score (nSPS) is 16.1. The number of aromatic nitrogens is 1. The summed E-state index contributed by atoms with van der Waals surface area (Å²) in [5.41, 5.74) is 0.859. The first-order valence-corrected chi connectivity index (χ1v) is 18.9. The van der Waals surface area contributed by atoms with Gasteiger partial charge in [0.1, 0.15) is 39.3 Å². The van der Waals surface area contributed by atoms with Crippen molar-refractivity contribution in [1.82, 2.24) is 14.8 Å². The summed E-state index contributed by atoms with van der Waals surface area (Å²) in [4.78, 5) is 49.3. The minimum absolute atomic E-state index is 0.0303. The molecule has 2 heterocycles. The molecular weight excluding hydrogens is 738 g/mol. The van der Waals surface area contributed by atoms with Crippen LogP contribution in [0.3, 0.4) is 0 Å². The number of amides is 3. The van der Waals surface area contributed by atoms with Crippen molar-refractivity contribution in [3.63, 3.8) is 0 Å². The minimum atomic E-state index is -0.715. The van der Waals surface area contributed by atoms with Gasteiger partial charge in [0.25, 0.3) is 5.91 Å². The van der Waals surface area contributed by atoms with Crippen molar-refractivity contribution >= 4 is 56.9 Å². The molecule has 0 radical (unpaired) electrons. The number of carbonyl (C=O) groups is 3. The molecule has 0 spiro atoms. The number of anilines is 1. The van der Waals surface area contributed by atoms with Crippen LogP contribution in [0, 0.1) is 11.6 Å². The van der Waals surface area contributed by atoms with E-state index < -0.39 is 40.9 Å². The Morgan fingerprint density at radius 2 is 1.44 bits per heavy atom. The zero-order chi connectivity index (χ0) is 39.7. The quantitative estimate of drug-likeness (QED) is 0.175. The first-order valence-electron chi connectivity index (χ1n) is 17.7. The fourth-order valence-electron chi connectivity index (χ4n) is 6.44. The Morgan fingerprint density at radius 3 is 2.06 bits per heavy atom. The van der Waals surface area contributed by atoms with Crippen molar-refractivity contribution in [2.45, 2.75) is 97.1 Å². The number of rotatable bonds is 8. The van der Waals surface area contributed by atoms with E-state index in [-0.39, 0.29) is 38.6 Å². The Hall–Kier alpha value is -4.49. The lowest BCUT2D eigenvalue weighted by atomic mass is 9.89. The smallest absolute Gasteiger partial charge is 0.415 e. The first kappa shape index (κ1) is 40.7. The van der Waals surface area contributed by atoms with E-state index in [1.807, 2.05) is 39.0 Å². The number of ether oxygens (including phenoxy) is 3. The monoisotopic (exact) mass is 784 g/mol. The summed E-state index contributed by atoms with van der Waals surface area (Å²) in [5, 5.41) is -0.267. The molecule has 3 amide bonds. The molecule has 2 aromatic carbocycles. The molecule has 4 aromatic rings. The lowest BCUT2D eigenvalue weighted by Crippen LogP contribution is -2.47. The number of hydrogen-bond donors (Lipinski definition) is 0. The molecule has 2 aromatic heterocycles. The number of hydrogen-bond acceptors (Lipinski definition) is 8. The third-order valence-corrected chi connectivity index (χ3v) is 10.9. The van der Waals surface area contributed by atoms with Crippen LogP contribution in [-0.4, -0.2) is 77.4 Å². The van der Waals surface area contributed by atoms with Crippen molar-refractivity contribution in [3.8, 4) is 16.9 Å². The van der Waals surface area contributed by atoms with Crippen LogP contribution in [0.5, 0.6) is 5.75 Å². The maximum absolute atomic E-state index is 14.9. The Bertz CT molecular complexity index is 2040. The molecule has 0 N–H and O–H groups in total. The van der Waals surface area contributed by atoms with Gasteiger partial charge in [0.2, 0.25) is 0 Å². The lowest BCUT2D eigenvalue weighted by Gasteiger charge is -2.40. The molecular formula is C40H47ClF2N4O6S. The number of carbonyl (C=O) groups excluding carboxylic acids is 3. The molecule has 10 nitrogen and oxygen atoms in total. The van der Waals surface area contributed by atoms with Gasteiger partial charge in [0.05, 0.1) is 22.2 Å². The van der Waals surface area contributed by atoms with Gasteiger partial charge in [0.15, 0.2) is 0 Å². The van der Waals surface area contributed by atoms with Crippen molar-refractivity contribution in [2.75, 3.05) is 26.1 Å². The summed E-state index contributed by atoms with van der Waals surface area (Å²) in [5.74, 6) is -0.954. The fourth-order valence-corrected chi connectivity index (χ4v) is 7.95. The SMILES string of the molecule is COc1ccc(-c2ccnc(N(C)C(=O)OC(C)(C)C)c2)cc1CN(C(=O)c1sc2c(F)ccc(F)c2c1Cl)[C@H]1CC[C@H](N(C)C(=O)OC(C)(C)C)CC1. The molecule has 0 bridgehead atoms. The highest BCUT2D eigenvalue weighted by atomic mass is 35.5. The van der Waals surface area contributed by atoms with Gasteiger partial charge in [-0.25, -0.2) is 23.4 Å². The standard InChI is InChI=1S/C40H47ClF2N4O6S/c1-39(2,3)52-37(49)45(7)26-11-13-27(14-12-26)47(36(48)35-33(41)32-28(42)15-16-29(43)34(32)54-35)22-25-20-23(10-17-30(25)51-9)24-18-19-44-31(21-24)46(8)38(50)53-40(4,5)6/h10,15-21,26-27H,11-14,22H2,1-9H3/t26-,27-. The maximum Gasteiger partial charge on any atom is 0.415 e. The number of nitrogens with zero attached hydrogens (tertiary/aromatic N) is 4. The third-order valence-electron chi connectivity index (χ3n) is 9.18. The first-order chi connectivity index (χ1) is 25.3. The van der Waals surface area contributed by atoms with Crippen LogP contribution in [0.15, 0.2) is 48.7 Å². The van der Waals surface area contributed by atoms with Crippen LogP contribution in [0.2, 0.25) is 5.02 Å². The van der Waals surface area contributed by atoms with Crippen molar-refractivity contribution < 1.29 is 37.4 Å². The van der Waals surface area contributed by atoms with E-state index in [4.69, 9.17) is 25.8 Å². The largest absolute Gasteiger partial charge is 0.496 e. The van der Waals surface area contributed by atoms with Crippen LogP contribution in [0.1, 0.15) is 82.5 Å². The minimum Gasteiger partial charge on any atom is -0.496 e.